The Hall–Kier alpha value is -0.490. The molecule has 14 heavy (non-hydrogen) atoms. The van der Waals surface area contributed by atoms with E-state index in [0.717, 1.165) is 8.69 Å². The molecule has 0 aliphatic heterocycles. The molecule has 1 aromatic heterocycles. The molecule has 0 radical (unpaired) electrons. The summed E-state index contributed by atoms with van der Waals surface area (Å²) in [7, 11) is 1.36. The largest absolute Gasteiger partial charge is 0.335 e. The Bertz CT molecular complexity index is 329. The lowest BCUT2D eigenvalue weighted by molar-refractivity contribution is 0.0624. The maximum atomic E-state index is 12.0. The van der Waals surface area contributed by atoms with E-state index >= 15 is 0 Å². The van der Waals surface area contributed by atoms with Crippen LogP contribution in [-0.4, -0.2) is 30.8 Å². The molecule has 1 aromatic rings. The van der Waals surface area contributed by atoms with Crippen LogP contribution in [0.2, 0.25) is 0 Å². The van der Waals surface area contributed by atoms with Crippen LogP contribution in [0.4, 0.5) is 8.78 Å². The number of alkyl halides is 2. The van der Waals surface area contributed by atoms with Crippen molar-refractivity contribution in [1.82, 2.24) is 4.90 Å². The average molecular weight is 284 g/mol. The van der Waals surface area contributed by atoms with Gasteiger partial charge in [0.2, 0.25) is 0 Å². The minimum atomic E-state index is -2.49. The Morgan fingerprint density at radius 2 is 2.29 bits per heavy atom. The van der Waals surface area contributed by atoms with Crippen LogP contribution >= 0.6 is 27.3 Å². The highest BCUT2D eigenvalue weighted by molar-refractivity contribution is 9.11. The number of carbonyl (C=O) groups excluding carboxylic acids is 1. The van der Waals surface area contributed by atoms with Gasteiger partial charge >= 0.3 is 0 Å². The minimum Gasteiger partial charge on any atom is -0.335 e. The number of hydrogen-bond donors (Lipinski definition) is 0. The van der Waals surface area contributed by atoms with Crippen molar-refractivity contribution in [2.45, 2.75) is 6.43 Å². The number of carbonyl (C=O) groups is 1. The number of halogens is 3. The summed E-state index contributed by atoms with van der Waals surface area (Å²) in [6.07, 6.45) is -2.49. The maximum Gasteiger partial charge on any atom is 0.263 e. The van der Waals surface area contributed by atoms with Crippen LogP contribution in [0.15, 0.2) is 15.9 Å². The lowest BCUT2D eigenvalue weighted by Crippen LogP contribution is -2.30. The van der Waals surface area contributed by atoms with Gasteiger partial charge in [-0.25, -0.2) is 8.78 Å². The Morgan fingerprint density at radius 3 is 2.71 bits per heavy atom. The van der Waals surface area contributed by atoms with Gasteiger partial charge in [0.05, 0.1) is 15.2 Å². The molecule has 0 aliphatic carbocycles. The lowest BCUT2D eigenvalue weighted by atomic mass is 10.4. The predicted molar refractivity (Wildman–Crippen MR) is 55.0 cm³/mol. The van der Waals surface area contributed by atoms with E-state index in [1.807, 2.05) is 0 Å². The van der Waals surface area contributed by atoms with E-state index in [1.54, 1.807) is 12.1 Å². The van der Waals surface area contributed by atoms with Gasteiger partial charge in [-0.15, -0.1) is 11.3 Å². The summed E-state index contributed by atoms with van der Waals surface area (Å²) in [5.41, 5.74) is 0. The third-order valence-corrected chi connectivity index (χ3v) is 3.15. The lowest BCUT2D eigenvalue weighted by Gasteiger charge is -2.14. The van der Waals surface area contributed by atoms with E-state index in [0.29, 0.717) is 4.88 Å². The number of thiophene rings is 1. The van der Waals surface area contributed by atoms with Crippen molar-refractivity contribution in [3.05, 3.63) is 20.8 Å². The van der Waals surface area contributed by atoms with Crippen LogP contribution in [0.1, 0.15) is 9.67 Å². The second-order valence-corrected chi connectivity index (χ2v) is 5.14. The zero-order valence-electron chi connectivity index (χ0n) is 7.34. The van der Waals surface area contributed by atoms with Crippen LogP contribution < -0.4 is 0 Å². The molecule has 0 bridgehead atoms. The van der Waals surface area contributed by atoms with Gasteiger partial charge < -0.3 is 4.90 Å². The van der Waals surface area contributed by atoms with Gasteiger partial charge in [-0.2, -0.15) is 0 Å². The molecule has 0 aliphatic rings. The van der Waals surface area contributed by atoms with Gasteiger partial charge in [-0.1, -0.05) is 0 Å². The first-order valence-electron chi connectivity index (χ1n) is 3.79. The Morgan fingerprint density at radius 1 is 1.64 bits per heavy atom. The highest BCUT2D eigenvalue weighted by Crippen LogP contribution is 2.23. The molecule has 0 fully saturated rings. The Labute approximate surface area is 92.7 Å². The molecule has 78 valence electrons. The minimum absolute atomic E-state index is 0.374. The topological polar surface area (TPSA) is 20.3 Å². The van der Waals surface area contributed by atoms with E-state index in [2.05, 4.69) is 15.9 Å². The molecule has 1 heterocycles. The second kappa shape index (κ2) is 4.84. The van der Waals surface area contributed by atoms with Gasteiger partial charge in [0.1, 0.15) is 0 Å². The van der Waals surface area contributed by atoms with Crippen molar-refractivity contribution in [3.8, 4) is 0 Å². The number of amides is 1. The number of rotatable bonds is 3. The zero-order chi connectivity index (χ0) is 10.7. The van der Waals surface area contributed by atoms with Crippen molar-refractivity contribution < 1.29 is 13.6 Å². The van der Waals surface area contributed by atoms with E-state index in [1.165, 1.54) is 18.4 Å². The van der Waals surface area contributed by atoms with Crippen LogP contribution in [0, 0.1) is 0 Å². The van der Waals surface area contributed by atoms with Gasteiger partial charge in [0.25, 0.3) is 12.3 Å². The molecule has 0 N–H and O–H groups in total. The summed E-state index contributed by atoms with van der Waals surface area (Å²) < 4.78 is 24.7. The first kappa shape index (κ1) is 11.6. The molecule has 2 nitrogen and oxygen atoms in total. The second-order valence-electron chi connectivity index (χ2n) is 2.68. The molecule has 0 saturated carbocycles. The molecule has 0 aromatic carbocycles. The van der Waals surface area contributed by atoms with Gasteiger partial charge in [0, 0.05) is 7.05 Å². The van der Waals surface area contributed by atoms with Crippen LogP contribution in [0.3, 0.4) is 0 Å². The Kier molecular flexibility index (Phi) is 4.00. The molecule has 0 saturated heterocycles. The third-order valence-electron chi connectivity index (χ3n) is 1.54. The van der Waals surface area contributed by atoms with Gasteiger partial charge in [-0.05, 0) is 28.1 Å². The molecule has 1 amide bonds. The summed E-state index contributed by atoms with van der Waals surface area (Å²) in [6, 6.07) is 3.33. The zero-order valence-corrected chi connectivity index (χ0v) is 9.74. The molecule has 0 spiro atoms. The average Bonchev–Trinajstić information content (AvgIpc) is 2.49. The SMILES string of the molecule is CN(CC(F)F)C(=O)c1ccc(Br)s1. The van der Waals surface area contributed by atoms with E-state index < -0.39 is 13.0 Å². The highest BCUT2D eigenvalue weighted by Gasteiger charge is 2.16. The fourth-order valence-electron chi connectivity index (χ4n) is 0.907. The monoisotopic (exact) mass is 283 g/mol. The summed E-state index contributed by atoms with van der Waals surface area (Å²) in [5, 5.41) is 0. The molecule has 1 rings (SSSR count). The molecule has 0 atom stereocenters. The fraction of sp³-hybridized carbons (Fsp3) is 0.375. The van der Waals surface area contributed by atoms with E-state index in [4.69, 9.17) is 0 Å². The van der Waals surface area contributed by atoms with Crippen LogP contribution in [0.5, 0.6) is 0 Å². The molecular formula is C8H8BrF2NOS. The summed E-state index contributed by atoms with van der Waals surface area (Å²) in [4.78, 5) is 13.0. The maximum absolute atomic E-state index is 12.0. The third kappa shape index (κ3) is 3.02. The number of hydrogen-bond acceptors (Lipinski definition) is 2. The summed E-state index contributed by atoms with van der Waals surface area (Å²) >= 11 is 4.43. The van der Waals surface area contributed by atoms with Crippen LogP contribution in [-0.2, 0) is 0 Å². The standard InChI is InChI=1S/C8H8BrF2NOS/c1-12(4-7(10)11)8(13)5-2-3-6(9)14-5/h2-3,7H,4H2,1H3. The van der Waals surface area contributed by atoms with Gasteiger partial charge in [0.15, 0.2) is 0 Å². The molecular weight excluding hydrogens is 276 g/mol. The van der Waals surface area contributed by atoms with Crippen molar-refractivity contribution in [1.29, 1.82) is 0 Å². The van der Waals surface area contributed by atoms with E-state index in [-0.39, 0.29) is 5.91 Å². The quantitative estimate of drug-likeness (QED) is 0.835. The first-order chi connectivity index (χ1) is 6.50. The van der Waals surface area contributed by atoms with Crippen molar-refractivity contribution >= 4 is 33.2 Å². The predicted octanol–water partition coefficient (Wildman–Crippen LogP) is 2.85. The summed E-state index contributed by atoms with van der Waals surface area (Å²) in [5.74, 6) is -0.374. The summed E-state index contributed by atoms with van der Waals surface area (Å²) in [6.45, 7) is -0.533. The number of nitrogens with zero attached hydrogens (tertiary/aromatic N) is 1. The smallest absolute Gasteiger partial charge is 0.263 e. The fourth-order valence-corrected chi connectivity index (χ4v) is 2.29. The molecule has 0 unspecified atom stereocenters. The van der Waals surface area contributed by atoms with Crippen molar-refractivity contribution in [3.63, 3.8) is 0 Å². The van der Waals surface area contributed by atoms with Crippen LogP contribution in [0.25, 0.3) is 0 Å². The van der Waals surface area contributed by atoms with Crippen molar-refractivity contribution in [2.75, 3.05) is 13.6 Å². The molecule has 6 heteroatoms. The normalized spacial score (nSPS) is 10.6. The first-order valence-corrected chi connectivity index (χ1v) is 5.40. The van der Waals surface area contributed by atoms with Crippen molar-refractivity contribution in [2.24, 2.45) is 0 Å². The Balaban J connectivity index is 2.65. The van der Waals surface area contributed by atoms with E-state index in [9.17, 15) is 13.6 Å². The highest BCUT2D eigenvalue weighted by atomic mass is 79.9. The van der Waals surface area contributed by atoms with Gasteiger partial charge in [-0.3, -0.25) is 4.79 Å².